The first-order chi connectivity index (χ1) is 37.7. The van der Waals surface area contributed by atoms with Gasteiger partial charge in [-0.15, -0.1) is 0 Å². The molecule has 2 aromatic heterocycles. The van der Waals surface area contributed by atoms with E-state index in [4.69, 9.17) is 9.84 Å². The Morgan fingerprint density at radius 1 is 0.366 bits per heavy atom. The number of phenolic OH excluding ortho intramolecular Hbond substituents is 1. The third-order valence-corrected chi connectivity index (χ3v) is 26.8. The molecule has 0 unspecified atom stereocenters. The SMILES string of the molecule is C.C.C.CCCCCCCCCCc1cnc(-c2ccc(O)cc2)nc1.CCCCCCCCCCc1cnc(-c2ccc(OCCCCCCCC[Si](C)(C)CC[Si](C)(C)C)cc2)nc1.C[Si](C)(C)CC[Si](C)(C)CCCCCCO. The quantitative estimate of drug-likeness (QED) is 0.0337. The van der Waals surface area contributed by atoms with Gasteiger partial charge in [0.25, 0.3) is 0 Å². The molecule has 0 amide bonds. The zero-order chi connectivity index (χ0) is 58.1. The van der Waals surface area contributed by atoms with Gasteiger partial charge in [0, 0.05) is 74.8 Å². The maximum atomic E-state index is 9.31. The van der Waals surface area contributed by atoms with Crippen LogP contribution in [0.4, 0.5) is 0 Å². The van der Waals surface area contributed by atoms with Gasteiger partial charge in [0.15, 0.2) is 11.6 Å². The molecule has 0 radical (unpaired) electrons. The summed E-state index contributed by atoms with van der Waals surface area (Å²) in [4.78, 5) is 18.1. The van der Waals surface area contributed by atoms with Gasteiger partial charge in [0.05, 0.1) is 6.61 Å². The van der Waals surface area contributed by atoms with Crippen LogP contribution in [0, 0.1) is 0 Å². The minimum absolute atomic E-state index is 0. The highest BCUT2D eigenvalue weighted by molar-refractivity contribution is 6.82. The van der Waals surface area contributed by atoms with E-state index in [0.717, 1.165) is 55.0 Å². The smallest absolute Gasteiger partial charge is 0.159 e. The number of benzene rings is 2. The first kappa shape index (κ1) is 81.1. The fourth-order valence-corrected chi connectivity index (χ4v) is 24.2. The van der Waals surface area contributed by atoms with Gasteiger partial charge in [0.2, 0.25) is 0 Å². The molecule has 0 spiro atoms. The van der Waals surface area contributed by atoms with Crippen molar-refractivity contribution in [1.82, 2.24) is 19.9 Å². The summed E-state index contributed by atoms with van der Waals surface area (Å²) in [7, 11) is -3.57. The lowest BCUT2D eigenvalue weighted by molar-refractivity contribution is 0.283. The number of aromatic nitrogens is 4. The predicted molar refractivity (Wildman–Crippen MR) is 379 cm³/mol. The third-order valence-electron chi connectivity index (χ3n) is 15.7. The molecule has 0 saturated carbocycles. The highest BCUT2D eigenvalue weighted by Gasteiger charge is 2.25. The van der Waals surface area contributed by atoms with Crippen LogP contribution in [0.1, 0.15) is 214 Å². The van der Waals surface area contributed by atoms with Crippen LogP contribution in [0.2, 0.25) is 102 Å². The number of rotatable bonds is 42. The van der Waals surface area contributed by atoms with Gasteiger partial charge in [-0.3, -0.25) is 0 Å². The Morgan fingerprint density at radius 2 is 0.683 bits per heavy atom. The van der Waals surface area contributed by atoms with Crippen molar-refractivity contribution in [2.24, 2.45) is 0 Å². The highest BCUT2D eigenvalue weighted by Crippen LogP contribution is 2.28. The molecule has 2 aromatic carbocycles. The standard InChI is InChI=1S/C35H62N2OSi2.C20H28N2O.C13H32OSi2.3CH4/c1-7-8-9-10-11-12-15-18-21-32-30-36-35(37-31-32)33-22-24-34(25-23-33)38-26-19-16-13-14-17-20-27-40(5,6)29-28-39(2,3)4;1-2-3-4-5-6-7-8-9-10-17-15-21-20(22-16-17)18-11-13-19(23)14-12-18;1-15(2,3)12-13-16(4,5)11-9-7-6-8-10-14;;;/h22-25,30-31H,7-21,26-29H2,1-6H3;11-16,23H,2-10H2,1H3;14H,6-13H2,1-5H3;3*1H4. The molecule has 0 aliphatic rings. The minimum atomic E-state index is -0.966. The zero-order valence-electron chi connectivity index (χ0n) is 53.5. The summed E-state index contributed by atoms with van der Waals surface area (Å²) in [6, 6.07) is 24.4. The Kier molecular flexibility index (Phi) is 47.6. The van der Waals surface area contributed by atoms with Gasteiger partial charge >= 0.3 is 0 Å². The van der Waals surface area contributed by atoms with Crippen molar-refractivity contribution in [2.75, 3.05) is 13.2 Å². The van der Waals surface area contributed by atoms with Crippen molar-refractivity contribution in [3.8, 4) is 34.3 Å². The number of ether oxygens (including phenoxy) is 1. The number of hydrogen-bond acceptors (Lipinski definition) is 7. The van der Waals surface area contributed by atoms with E-state index < -0.39 is 32.3 Å². The molecule has 11 heteroatoms. The van der Waals surface area contributed by atoms with Crippen molar-refractivity contribution in [3.05, 3.63) is 84.4 Å². The number of aliphatic hydroxyl groups is 1. The molecule has 0 bridgehead atoms. The van der Waals surface area contributed by atoms with Gasteiger partial charge in [-0.2, -0.15) is 0 Å². The molecule has 7 nitrogen and oxygen atoms in total. The first-order valence-electron chi connectivity index (χ1n) is 32.5. The Bertz CT molecular complexity index is 2040. The Balaban J connectivity index is 0. The molecular weight excluding hydrogens is 1070 g/mol. The van der Waals surface area contributed by atoms with Gasteiger partial charge in [-0.1, -0.05) is 279 Å². The molecule has 0 aliphatic carbocycles. The monoisotopic (exact) mass is 1200 g/mol. The number of aliphatic hydroxyl groups excluding tert-OH is 1. The molecule has 4 aromatic rings. The molecule has 0 aliphatic heterocycles. The topological polar surface area (TPSA) is 101 Å². The average molecular weight is 1200 g/mol. The van der Waals surface area contributed by atoms with Crippen molar-refractivity contribution < 1.29 is 14.9 Å². The molecular formula is C71H134N4O3Si4. The molecule has 0 fully saturated rings. The van der Waals surface area contributed by atoms with Crippen molar-refractivity contribution in [2.45, 2.75) is 318 Å². The normalized spacial score (nSPS) is 11.5. The lowest BCUT2D eigenvalue weighted by atomic mass is 10.1. The van der Waals surface area contributed by atoms with Crippen LogP contribution in [0.5, 0.6) is 11.5 Å². The molecule has 472 valence electrons. The first-order valence-corrected chi connectivity index (χ1v) is 46.7. The summed E-state index contributed by atoms with van der Waals surface area (Å²) in [5, 5.41) is 18.0. The fraction of sp³-hybridized carbons (Fsp3) is 0.718. The average Bonchev–Trinajstić information content (AvgIpc) is 3.45. The second kappa shape index (κ2) is 48.2. The van der Waals surface area contributed by atoms with Crippen LogP contribution in [0.25, 0.3) is 22.8 Å². The fourth-order valence-electron chi connectivity index (χ4n) is 9.85. The van der Waals surface area contributed by atoms with E-state index in [9.17, 15) is 5.11 Å². The van der Waals surface area contributed by atoms with E-state index in [-0.39, 0.29) is 28.0 Å². The number of nitrogens with zero attached hydrogens (tertiary/aromatic N) is 4. The molecule has 4 rings (SSSR count). The summed E-state index contributed by atoms with van der Waals surface area (Å²) >= 11 is 0. The lowest BCUT2D eigenvalue weighted by Crippen LogP contribution is -2.30. The molecule has 0 saturated heterocycles. The van der Waals surface area contributed by atoms with Crippen LogP contribution in [-0.4, -0.2) is 75.7 Å². The third kappa shape index (κ3) is 44.5. The van der Waals surface area contributed by atoms with Gasteiger partial charge in [-0.05, 0) is 98.2 Å². The molecule has 0 atom stereocenters. The number of aryl methyl sites for hydroxylation is 2. The van der Waals surface area contributed by atoms with Crippen molar-refractivity contribution >= 4 is 32.3 Å². The predicted octanol–water partition coefficient (Wildman–Crippen LogP) is 23.6. The van der Waals surface area contributed by atoms with Gasteiger partial charge in [0.1, 0.15) is 11.5 Å². The van der Waals surface area contributed by atoms with E-state index in [1.165, 1.54) is 195 Å². The second-order valence-electron chi connectivity index (χ2n) is 27.4. The van der Waals surface area contributed by atoms with E-state index in [1.807, 2.05) is 36.9 Å². The minimum Gasteiger partial charge on any atom is -0.508 e. The lowest BCUT2D eigenvalue weighted by Gasteiger charge is -2.26. The Morgan fingerprint density at radius 3 is 1.04 bits per heavy atom. The second-order valence-corrected chi connectivity index (χ2v) is 49.3. The van der Waals surface area contributed by atoms with Gasteiger partial charge < -0.3 is 14.9 Å². The molecule has 2 N–H and O–H groups in total. The van der Waals surface area contributed by atoms with E-state index >= 15 is 0 Å². The van der Waals surface area contributed by atoms with Gasteiger partial charge in [-0.25, -0.2) is 19.9 Å². The summed E-state index contributed by atoms with van der Waals surface area (Å²) in [5.41, 5.74) is 4.44. The maximum Gasteiger partial charge on any atom is 0.159 e. The number of aromatic hydroxyl groups is 1. The molecule has 82 heavy (non-hydrogen) atoms. The van der Waals surface area contributed by atoms with Crippen molar-refractivity contribution in [1.29, 1.82) is 0 Å². The number of hydrogen-bond donors (Lipinski definition) is 2. The van der Waals surface area contributed by atoms with Crippen LogP contribution in [-0.2, 0) is 12.8 Å². The van der Waals surface area contributed by atoms with E-state index in [2.05, 4.69) is 124 Å². The van der Waals surface area contributed by atoms with Crippen LogP contribution in [0.3, 0.4) is 0 Å². The van der Waals surface area contributed by atoms with E-state index in [1.54, 1.807) is 18.2 Å². The van der Waals surface area contributed by atoms with E-state index in [0.29, 0.717) is 12.4 Å². The van der Waals surface area contributed by atoms with Crippen molar-refractivity contribution in [3.63, 3.8) is 0 Å². The van der Waals surface area contributed by atoms with Crippen LogP contribution >= 0.6 is 0 Å². The highest BCUT2D eigenvalue weighted by atomic mass is 28.3. The zero-order valence-corrected chi connectivity index (χ0v) is 57.5. The summed E-state index contributed by atoms with van der Waals surface area (Å²) in [6.07, 6.45) is 44.4. The Labute approximate surface area is 513 Å². The Hall–Kier alpha value is -2.97. The summed E-state index contributed by atoms with van der Waals surface area (Å²) in [5.74, 6) is 2.72. The van der Waals surface area contributed by atoms with Crippen LogP contribution in [0.15, 0.2) is 73.3 Å². The largest absolute Gasteiger partial charge is 0.508 e. The molecule has 2 heterocycles. The summed E-state index contributed by atoms with van der Waals surface area (Å²) < 4.78 is 6.00. The number of phenols is 1. The summed E-state index contributed by atoms with van der Waals surface area (Å²) in [6.45, 7) is 31.0. The number of unbranched alkanes of at least 4 members (excludes halogenated alkanes) is 22. The van der Waals surface area contributed by atoms with Crippen LogP contribution < -0.4 is 4.74 Å². The maximum absolute atomic E-state index is 9.31.